The van der Waals surface area contributed by atoms with Crippen molar-refractivity contribution in [2.45, 2.75) is 37.4 Å². The molecule has 3 heterocycles. The van der Waals surface area contributed by atoms with Crippen LogP contribution in [0.4, 0.5) is 0 Å². The summed E-state index contributed by atoms with van der Waals surface area (Å²) in [5.74, 6) is 1.80. The topological polar surface area (TPSA) is 64.2 Å². The van der Waals surface area contributed by atoms with E-state index >= 15 is 0 Å². The van der Waals surface area contributed by atoms with Gasteiger partial charge in [0.2, 0.25) is 11.7 Å². The molecule has 1 saturated heterocycles. The SMILES string of the molecule is C[C@H]1CCCCN1C(=O)CSc1nnc(-c2ccco2)n1-c1ccccc1. The fourth-order valence-corrected chi connectivity index (χ4v) is 4.25. The molecule has 3 aromatic rings. The van der Waals surface area contributed by atoms with Crippen LogP contribution in [0.15, 0.2) is 58.3 Å². The predicted molar refractivity (Wildman–Crippen MR) is 105 cm³/mol. The van der Waals surface area contributed by atoms with E-state index in [0.29, 0.717) is 28.5 Å². The van der Waals surface area contributed by atoms with Crippen molar-refractivity contribution in [1.82, 2.24) is 19.7 Å². The average molecular weight is 382 g/mol. The van der Waals surface area contributed by atoms with Crippen molar-refractivity contribution in [3.05, 3.63) is 48.7 Å². The molecule has 27 heavy (non-hydrogen) atoms. The molecule has 1 aliphatic heterocycles. The van der Waals surface area contributed by atoms with Gasteiger partial charge in [-0.15, -0.1) is 10.2 Å². The van der Waals surface area contributed by atoms with Crippen LogP contribution in [0.5, 0.6) is 0 Å². The fraction of sp³-hybridized carbons (Fsp3) is 0.350. The van der Waals surface area contributed by atoms with E-state index in [9.17, 15) is 4.79 Å². The molecule has 4 rings (SSSR count). The number of aromatic nitrogens is 3. The van der Waals surface area contributed by atoms with Gasteiger partial charge < -0.3 is 9.32 Å². The number of hydrogen-bond donors (Lipinski definition) is 0. The Balaban J connectivity index is 1.58. The molecule has 0 saturated carbocycles. The molecule has 1 atom stereocenters. The molecule has 0 radical (unpaired) electrons. The molecule has 0 unspecified atom stereocenters. The molecule has 0 aliphatic carbocycles. The lowest BCUT2D eigenvalue weighted by Crippen LogP contribution is -2.42. The maximum atomic E-state index is 12.7. The summed E-state index contributed by atoms with van der Waals surface area (Å²) in [6.07, 6.45) is 4.99. The van der Waals surface area contributed by atoms with Crippen molar-refractivity contribution >= 4 is 17.7 Å². The summed E-state index contributed by atoms with van der Waals surface area (Å²) < 4.78 is 7.46. The third kappa shape index (κ3) is 3.78. The van der Waals surface area contributed by atoms with Gasteiger partial charge in [-0.1, -0.05) is 30.0 Å². The van der Waals surface area contributed by atoms with Gasteiger partial charge in [-0.05, 0) is 50.5 Å². The number of nitrogens with zero attached hydrogens (tertiary/aromatic N) is 4. The Kier molecular flexibility index (Phi) is 5.29. The zero-order chi connectivity index (χ0) is 18.6. The number of carbonyl (C=O) groups excluding carboxylic acids is 1. The molecule has 2 aromatic heterocycles. The number of piperidine rings is 1. The summed E-state index contributed by atoms with van der Waals surface area (Å²) in [7, 11) is 0. The van der Waals surface area contributed by atoms with Gasteiger partial charge in [-0.3, -0.25) is 9.36 Å². The molecule has 1 amide bonds. The molecular formula is C20H22N4O2S. The molecule has 1 fully saturated rings. The summed E-state index contributed by atoms with van der Waals surface area (Å²) in [5, 5.41) is 9.33. The second-order valence-electron chi connectivity index (χ2n) is 6.68. The first-order chi connectivity index (χ1) is 13.2. The Labute approximate surface area is 162 Å². The first kappa shape index (κ1) is 17.9. The molecule has 0 N–H and O–H groups in total. The van der Waals surface area contributed by atoms with Crippen molar-refractivity contribution in [1.29, 1.82) is 0 Å². The minimum absolute atomic E-state index is 0.161. The van der Waals surface area contributed by atoms with Crippen molar-refractivity contribution in [3.8, 4) is 17.3 Å². The lowest BCUT2D eigenvalue weighted by Gasteiger charge is -2.33. The Bertz CT molecular complexity index is 892. The van der Waals surface area contributed by atoms with Crippen LogP contribution in [-0.2, 0) is 4.79 Å². The maximum Gasteiger partial charge on any atom is 0.233 e. The van der Waals surface area contributed by atoms with E-state index in [1.54, 1.807) is 6.26 Å². The van der Waals surface area contributed by atoms with Gasteiger partial charge in [-0.25, -0.2) is 0 Å². The van der Waals surface area contributed by atoms with Gasteiger partial charge in [-0.2, -0.15) is 0 Å². The van der Waals surface area contributed by atoms with Gasteiger partial charge in [0, 0.05) is 18.3 Å². The summed E-state index contributed by atoms with van der Waals surface area (Å²) in [5.41, 5.74) is 0.940. The van der Waals surface area contributed by atoms with Gasteiger partial charge in [0.1, 0.15) is 0 Å². The number of rotatable bonds is 5. The Morgan fingerprint density at radius 3 is 2.78 bits per heavy atom. The van der Waals surface area contributed by atoms with Gasteiger partial charge in [0.05, 0.1) is 12.0 Å². The minimum atomic E-state index is 0.161. The quantitative estimate of drug-likeness (QED) is 0.624. The first-order valence-corrected chi connectivity index (χ1v) is 10.2. The molecule has 6 nitrogen and oxygen atoms in total. The van der Waals surface area contributed by atoms with Crippen LogP contribution < -0.4 is 0 Å². The number of thioether (sulfide) groups is 1. The van der Waals surface area contributed by atoms with Crippen molar-refractivity contribution in [2.24, 2.45) is 0 Å². The number of carbonyl (C=O) groups is 1. The standard InChI is InChI=1S/C20H22N4O2S/c1-15-8-5-6-12-23(15)18(25)14-27-20-22-21-19(17-11-7-13-26-17)24(20)16-9-3-2-4-10-16/h2-4,7,9-11,13,15H,5-6,8,12,14H2,1H3/t15-/m0/s1. The van der Waals surface area contributed by atoms with Crippen molar-refractivity contribution in [3.63, 3.8) is 0 Å². The van der Waals surface area contributed by atoms with E-state index in [2.05, 4.69) is 17.1 Å². The van der Waals surface area contributed by atoms with Crippen molar-refractivity contribution < 1.29 is 9.21 Å². The number of likely N-dealkylation sites (tertiary alicyclic amines) is 1. The van der Waals surface area contributed by atoms with E-state index < -0.39 is 0 Å². The molecular weight excluding hydrogens is 360 g/mol. The lowest BCUT2D eigenvalue weighted by molar-refractivity contribution is -0.131. The van der Waals surface area contributed by atoms with Crippen LogP contribution in [-0.4, -0.2) is 43.9 Å². The number of amides is 1. The molecule has 140 valence electrons. The van der Waals surface area contributed by atoms with E-state index in [1.165, 1.54) is 18.2 Å². The van der Waals surface area contributed by atoms with Gasteiger partial charge in [0.25, 0.3) is 0 Å². The number of benzene rings is 1. The third-order valence-corrected chi connectivity index (χ3v) is 5.75. The summed E-state index contributed by atoms with van der Waals surface area (Å²) in [6.45, 7) is 2.98. The van der Waals surface area contributed by atoms with Gasteiger partial charge in [0.15, 0.2) is 10.9 Å². The van der Waals surface area contributed by atoms with Crippen LogP contribution in [0.3, 0.4) is 0 Å². The highest BCUT2D eigenvalue weighted by atomic mass is 32.2. The zero-order valence-corrected chi connectivity index (χ0v) is 16.1. The second kappa shape index (κ2) is 8.00. The first-order valence-electron chi connectivity index (χ1n) is 9.21. The normalized spacial score (nSPS) is 17.2. The van der Waals surface area contributed by atoms with E-state index in [1.807, 2.05) is 51.9 Å². The average Bonchev–Trinajstić information content (AvgIpc) is 3.36. The predicted octanol–water partition coefficient (Wildman–Crippen LogP) is 4.02. The summed E-state index contributed by atoms with van der Waals surface area (Å²) >= 11 is 1.42. The number of hydrogen-bond acceptors (Lipinski definition) is 5. The molecule has 1 aliphatic rings. The van der Waals surface area contributed by atoms with E-state index in [4.69, 9.17) is 4.42 Å². The lowest BCUT2D eigenvalue weighted by atomic mass is 10.0. The maximum absolute atomic E-state index is 12.7. The second-order valence-corrected chi connectivity index (χ2v) is 7.62. The monoisotopic (exact) mass is 382 g/mol. The van der Waals surface area contributed by atoms with Crippen LogP contribution in [0, 0.1) is 0 Å². The Morgan fingerprint density at radius 2 is 2.04 bits per heavy atom. The summed E-state index contributed by atoms with van der Waals surface area (Å²) in [6, 6.07) is 13.9. The van der Waals surface area contributed by atoms with Gasteiger partial charge >= 0.3 is 0 Å². The molecule has 7 heteroatoms. The van der Waals surface area contributed by atoms with Crippen LogP contribution >= 0.6 is 11.8 Å². The largest absolute Gasteiger partial charge is 0.461 e. The van der Waals surface area contributed by atoms with Crippen LogP contribution in [0.1, 0.15) is 26.2 Å². The minimum Gasteiger partial charge on any atom is -0.461 e. The Hall–Kier alpha value is -2.54. The van der Waals surface area contributed by atoms with Crippen LogP contribution in [0.25, 0.3) is 17.3 Å². The number of para-hydroxylation sites is 1. The highest BCUT2D eigenvalue weighted by molar-refractivity contribution is 7.99. The zero-order valence-electron chi connectivity index (χ0n) is 15.2. The highest BCUT2D eigenvalue weighted by Crippen LogP contribution is 2.28. The van der Waals surface area contributed by atoms with E-state index in [0.717, 1.165) is 25.1 Å². The van der Waals surface area contributed by atoms with E-state index in [-0.39, 0.29) is 5.91 Å². The smallest absolute Gasteiger partial charge is 0.233 e. The highest BCUT2D eigenvalue weighted by Gasteiger charge is 2.24. The summed E-state index contributed by atoms with van der Waals surface area (Å²) in [4.78, 5) is 14.7. The van der Waals surface area contributed by atoms with Crippen molar-refractivity contribution in [2.75, 3.05) is 12.3 Å². The number of furan rings is 1. The molecule has 0 bridgehead atoms. The Morgan fingerprint density at radius 1 is 1.19 bits per heavy atom. The molecule has 0 spiro atoms. The molecule has 1 aromatic carbocycles. The van der Waals surface area contributed by atoms with Crippen LogP contribution in [0.2, 0.25) is 0 Å². The fourth-order valence-electron chi connectivity index (χ4n) is 3.42. The third-order valence-electron chi connectivity index (χ3n) is 4.84.